The lowest BCUT2D eigenvalue weighted by Gasteiger charge is -2.04. The summed E-state index contributed by atoms with van der Waals surface area (Å²) >= 11 is 22.2. The molecule has 1 nitrogen and oxygen atoms in total. The molecule has 70 valence electrons. The zero-order valence-corrected chi connectivity index (χ0v) is 8.90. The Morgan fingerprint density at radius 3 is 2.08 bits per heavy atom. The van der Waals surface area contributed by atoms with Gasteiger partial charge in [-0.25, -0.2) is 0 Å². The molecule has 0 aliphatic carbocycles. The Bertz CT molecular complexity index is 377. The van der Waals surface area contributed by atoms with Crippen LogP contribution in [0.4, 0.5) is 4.39 Å². The van der Waals surface area contributed by atoms with E-state index in [-0.39, 0.29) is 25.7 Å². The van der Waals surface area contributed by atoms with Gasteiger partial charge in [-0.3, -0.25) is 4.79 Å². The fourth-order valence-electron chi connectivity index (χ4n) is 0.716. The molecule has 0 amide bonds. The Morgan fingerprint density at radius 1 is 1.08 bits per heavy atom. The Labute approximate surface area is 93.3 Å². The molecule has 13 heavy (non-hydrogen) atoms. The lowest BCUT2D eigenvalue weighted by atomic mass is 10.2. The summed E-state index contributed by atoms with van der Waals surface area (Å²) < 4.78 is 12.3. The highest BCUT2D eigenvalue weighted by molar-refractivity contribution is 6.52. The number of carbonyl (C=O) groups excluding carboxylic acids is 1. The van der Waals surface area contributed by atoms with E-state index in [1.165, 1.54) is 0 Å². The summed E-state index contributed by atoms with van der Waals surface area (Å²) in [7, 11) is 0. The van der Waals surface area contributed by atoms with Crippen molar-refractivity contribution < 1.29 is 9.18 Å². The second-order valence-corrected chi connectivity index (χ2v) is 3.66. The molecule has 0 aromatic heterocycles. The minimum atomic E-state index is -1.70. The first-order valence-electron chi connectivity index (χ1n) is 2.98. The van der Waals surface area contributed by atoms with E-state index in [2.05, 4.69) is 0 Å². The zero-order chi connectivity index (χ0) is 10.2. The fraction of sp³-hybridized carbons (Fsp3) is 0. The molecule has 0 aliphatic rings. The molecule has 0 atom stereocenters. The molecule has 0 saturated heterocycles. The smallest absolute Gasteiger partial charge is 0.255 e. The molecular weight excluding hydrogens is 261 g/mol. The third-order valence-electron chi connectivity index (χ3n) is 1.31. The van der Waals surface area contributed by atoms with Crippen molar-refractivity contribution in [3.05, 3.63) is 31.7 Å². The molecule has 1 aromatic rings. The molecule has 0 aliphatic heterocycles. The Balaban J connectivity index is 3.50. The van der Waals surface area contributed by atoms with Gasteiger partial charge in [0.15, 0.2) is 0 Å². The second-order valence-electron chi connectivity index (χ2n) is 2.12. The van der Waals surface area contributed by atoms with Gasteiger partial charge in [0.25, 0.3) is 0 Å². The van der Waals surface area contributed by atoms with E-state index in [1.54, 1.807) is 0 Å². The first-order valence-corrected chi connectivity index (χ1v) is 4.49. The first-order chi connectivity index (χ1) is 5.95. The largest absolute Gasteiger partial charge is 0.333 e. The monoisotopic (exact) mass is 260 g/mol. The molecular formula is C7HCl4FO. The normalized spacial score (nSPS) is 10.2. The van der Waals surface area contributed by atoms with Gasteiger partial charge in [0.2, 0.25) is 0 Å². The van der Waals surface area contributed by atoms with Crippen LogP contribution >= 0.6 is 46.4 Å². The third-order valence-corrected chi connectivity index (χ3v) is 3.07. The van der Waals surface area contributed by atoms with E-state index in [0.717, 1.165) is 6.07 Å². The number of hydrogen-bond acceptors (Lipinski definition) is 1. The average molecular weight is 262 g/mol. The van der Waals surface area contributed by atoms with Crippen LogP contribution in [0.3, 0.4) is 0 Å². The number of halogens is 5. The predicted molar refractivity (Wildman–Crippen MR) is 51.9 cm³/mol. The molecule has 0 unspecified atom stereocenters. The molecule has 0 saturated carbocycles. The van der Waals surface area contributed by atoms with Gasteiger partial charge in [-0.1, -0.05) is 46.4 Å². The van der Waals surface area contributed by atoms with Gasteiger partial charge in [-0.2, -0.15) is 4.39 Å². The van der Waals surface area contributed by atoms with E-state index in [4.69, 9.17) is 46.4 Å². The third kappa shape index (κ3) is 2.08. The highest BCUT2D eigenvalue weighted by Crippen LogP contribution is 2.38. The maximum absolute atomic E-state index is 12.3. The van der Waals surface area contributed by atoms with Gasteiger partial charge in [-0.15, -0.1) is 0 Å². The van der Waals surface area contributed by atoms with Crippen molar-refractivity contribution in [1.29, 1.82) is 0 Å². The maximum atomic E-state index is 12.3. The minimum Gasteiger partial charge on any atom is -0.255 e. The quantitative estimate of drug-likeness (QED) is 0.416. The summed E-state index contributed by atoms with van der Waals surface area (Å²) in [6, 6.07) is -0.675. The summed E-state index contributed by atoms with van der Waals surface area (Å²) in [5.41, 5.74) is -0.388. The van der Waals surface area contributed by atoms with Gasteiger partial charge >= 0.3 is 6.04 Å². The SMILES string of the molecule is O=C(F)c1cc(Cl)c(Cl)c(Cl)c1Cl. The van der Waals surface area contributed by atoms with Crippen molar-refractivity contribution in [2.24, 2.45) is 0 Å². The van der Waals surface area contributed by atoms with Crippen LogP contribution in [0.1, 0.15) is 10.4 Å². The number of hydrogen-bond donors (Lipinski definition) is 0. The Morgan fingerprint density at radius 2 is 1.62 bits per heavy atom. The lowest BCUT2D eigenvalue weighted by Crippen LogP contribution is -1.93. The predicted octanol–water partition coefficient (Wildman–Crippen LogP) is 4.41. The average Bonchev–Trinajstić information content (AvgIpc) is 2.07. The Hall–Kier alpha value is -0.0200. The summed E-state index contributed by atoms with van der Waals surface area (Å²) in [6.07, 6.45) is 0. The Kier molecular flexibility index (Phi) is 3.41. The lowest BCUT2D eigenvalue weighted by molar-refractivity contribution is 0.0836. The molecule has 0 radical (unpaired) electrons. The van der Waals surface area contributed by atoms with Crippen LogP contribution in [0.25, 0.3) is 0 Å². The summed E-state index contributed by atoms with van der Waals surface area (Å²) in [5, 5.41) is -0.379. The van der Waals surface area contributed by atoms with Crippen molar-refractivity contribution in [1.82, 2.24) is 0 Å². The molecule has 1 rings (SSSR count). The van der Waals surface area contributed by atoms with Crippen molar-refractivity contribution >= 4 is 52.4 Å². The maximum Gasteiger partial charge on any atom is 0.333 e. The molecule has 0 spiro atoms. The molecule has 6 heteroatoms. The van der Waals surface area contributed by atoms with Gasteiger partial charge in [0, 0.05) is 0 Å². The standard InChI is InChI=1S/C7HCl4FO/c8-3-1-2(7(12)13)4(9)6(11)5(3)10/h1H. The summed E-state index contributed by atoms with van der Waals surface area (Å²) in [4.78, 5) is 10.4. The van der Waals surface area contributed by atoms with Gasteiger partial charge in [0.05, 0.1) is 25.7 Å². The van der Waals surface area contributed by atoms with Crippen LogP contribution in [0.5, 0.6) is 0 Å². The highest BCUT2D eigenvalue weighted by atomic mass is 35.5. The number of benzene rings is 1. The van der Waals surface area contributed by atoms with E-state index < -0.39 is 6.04 Å². The van der Waals surface area contributed by atoms with E-state index in [1.807, 2.05) is 0 Å². The number of carbonyl (C=O) groups is 1. The van der Waals surface area contributed by atoms with Crippen LogP contribution in [0.15, 0.2) is 6.07 Å². The van der Waals surface area contributed by atoms with Crippen LogP contribution in [-0.4, -0.2) is 6.04 Å². The highest BCUT2D eigenvalue weighted by Gasteiger charge is 2.17. The minimum absolute atomic E-state index is 0.00154. The second kappa shape index (κ2) is 4.01. The van der Waals surface area contributed by atoms with E-state index in [9.17, 15) is 9.18 Å². The molecule has 0 N–H and O–H groups in total. The zero-order valence-electron chi connectivity index (χ0n) is 5.88. The van der Waals surface area contributed by atoms with Crippen molar-refractivity contribution in [2.75, 3.05) is 0 Å². The molecule has 0 fully saturated rings. The molecule has 1 aromatic carbocycles. The number of rotatable bonds is 1. The topological polar surface area (TPSA) is 17.1 Å². The van der Waals surface area contributed by atoms with Crippen molar-refractivity contribution in [3.63, 3.8) is 0 Å². The van der Waals surface area contributed by atoms with E-state index >= 15 is 0 Å². The first kappa shape index (κ1) is 11.1. The van der Waals surface area contributed by atoms with Gasteiger partial charge in [0.1, 0.15) is 0 Å². The summed E-state index contributed by atoms with van der Waals surface area (Å²) in [5.74, 6) is 0. The van der Waals surface area contributed by atoms with E-state index in [0.29, 0.717) is 0 Å². The summed E-state index contributed by atoms with van der Waals surface area (Å²) in [6.45, 7) is 0. The van der Waals surface area contributed by atoms with Crippen molar-refractivity contribution in [2.45, 2.75) is 0 Å². The van der Waals surface area contributed by atoms with Crippen LogP contribution in [0, 0.1) is 0 Å². The van der Waals surface area contributed by atoms with Crippen LogP contribution < -0.4 is 0 Å². The van der Waals surface area contributed by atoms with Crippen LogP contribution in [0.2, 0.25) is 20.1 Å². The van der Waals surface area contributed by atoms with Crippen LogP contribution in [-0.2, 0) is 0 Å². The molecule has 0 bridgehead atoms. The van der Waals surface area contributed by atoms with Crippen molar-refractivity contribution in [3.8, 4) is 0 Å². The molecule has 0 heterocycles. The fourth-order valence-corrected chi connectivity index (χ4v) is 1.59. The van der Waals surface area contributed by atoms with Gasteiger partial charge in [-0.05, 0) is 6.07 Å². The van der Waals surface area contributed by atoms with Gasteiger partial charge < -0.3 is 0 Å².